The smallest absolute Gasteiger partial charge is 0.276 e. The number of piperidine rings is 1. The maximum Gasteiger partial charge on any atom is 0.276 e. The summed E-state index contributed by atoms with van der Waals surface area (Å²) in [5.74, 6) is 1.63. The van der Waals surface area contributed by atoms with Gasteiger partial charge < -0.3 is 18.3 Å². The minimum absolute atomic E-state index is 0.126. The van der Waals surface area contributed by atoms with E-state index in [9.17, 15) is 4.79 Å². The van der Waals surface area contributed by atoms with E-state index in [1.807, 2.05) is 30.3 Å². The summed E-state index contributed by atoms with van der Waals surface area (Å²) in [5.41, 5.74) is 1.97. The van der Waals surface area contributed by atoms with Gasteiger partial charge >= 0.3 is 0 Å². The van der Waals surface area contributed by atoms with Crippen LogP contribution in [0.15, 0.2) is 68.3 Å². The predicted molar refractivity (Wildman–Crippen MR) is 102 cm³/mol. The molecule has 0 radical (unpaired) electrons. The van der Waals surface area contributed by atoms with Gasteiger partial charge in [0, 0.05) is 30.6 Å². The predicted octanol–water partition coefficient (Wildman–Crippen LogP) is 4.00. The van der Waals surface area contributed by atoms with Crippen LogP contribution in [0.4, 0.5) is 0 Å². The Morgan fingerprint density at radius 2 is 1.86 bits per heavy atom. The van der Waals surface area contributed by atoms with E-state index in [4.69, 9.17) is 13.4 Å². The molecule has 29 heavy (non-hydrogen) atoms. The van der Waals surface area contributed by atoms with Crippen LogP contribution in [0.25, 0.3) is 22.8 Å². The van der Waals surface area contributed by atoms with Gasteiger partial charge in [0.15, 0.2) is 11.5 Å². The molecule has 8 nitrogen and oxygen atoms in total. The van der Waals surface area contributed by atoms with Gasteiger partial charge in [-0.05, 0) is 18.9 Å². The molecule has 0 bridgehead atoms. The lowest BCUT2D eigenvalue weighted by atomic mass is 9.96. The van der Waals surface area contributed by atoms with Crippen molar-refractivity contribution in [3.8, 4) is 22.8 Å². The number of rotatable bonds is 4. The summed E-state index contributed by atoms with van der Waals surface area (Å²) in [4.78, 5) is 14.6. The molecule has 1 aromatic carbocycles. The third-order valence-corrected chi connectivity index (χ3v) is 5.13. The van der Waals surface area contributed by atoms with Crippen molar-refractivity contribution in [2.45, 2.75) is 18.8 Å². The standard InChI is InChI=1S/C21H18N4O4/c26-21(17-12-18(29-24-17)14-4-2-1-3-5-14)25-9-6-15(7-10-25)19-22-23-20(28-19)16-8-11-27-13-16/h1-5,8,11-13,15H,6-7,9-10H2. The van der Waals surface area contributed by atoms with Crippen LogP contribution in [0.1, 0.15) is 35.1 Å². The van der Waals surface area contributed by atoms with Gasteiger partial charge in [-0.15, -0.1) is 10.2 Å². The normalized spacial score (nSPS) is 15.0. The lowest BCUT2D eigenvalue weighted by Gasteiger charge is -2.29. The van der Waals surface area contributed by atoms with E-state index in [1.54, 1.807) is 29.6 Å². The van der Waals surface area contributed by atoms with Gasteiger partial charge in [-0.1, -0.05) is 35.5 Å². The Morgan fingerprint density at radius 1 is 1.03 bits per heavy atom. The molecule has 8 heteroatoms. The van der Waals surface area contributed by atoms with Gasteiger partial charge in [-0.3, -0.25) is 4.79 Å². The van der Waals surface area contributed by atoms with Crippen molar-refractivity contribution in [2.24, 2.45) is 0 Å². The molecule has 0 saturated carbocycles. The van der Waals surface area contributed by atoms with Crippen molar-refractivity contribution in [1.29, 1.82) is 0 Å². The third kappa shape index (κ3) is 3.44. The second-order valence-corrected chi connectivity index (χ2v) is 6.97. The van der Waals surface area contributed by atoms with E-state index >= 15 is 0 Å². The minimum atomic E-state index is -0.126. The third-order valence-electron chi connectivity index (χ3n) is 5.13. The number of aromatic nitrogens is 3. The number of benzene rings is 1. The molecule has 5 rings (SSSR count). The molecule has 1 amide bonds. The first-order valence-electron chi connectivity index (χ1n) is 9.45. The second-order valence-electron chi connectivity index (χ2n) is 6.97. The van der Waals surface area contributed by atoms with Gasteiger partial charge in [0.05, 0.1) is 11.8 Å². The monoisotopic (exact) mass is 390 g/mol. The average molecular weight is 390 g/mol. The van der Waals surface area contributed by atoms with Crippen LogP contribution in [0.3, 0.4) is 0 Å². The molecule has 0 spiro atoms. The van der Waals surface area contributed by atoms with Gasteiger partial charge in [-0.25, -0.2) is 0 Å². The van der Waals surface area contributed by atoms with Gasteiger partial charge in [0.2, 0.25) is 5.89 Å². The molecule has 1 saturated heterocycles. The van der Waals surface area contributed by atoms with E-state index < -0.39 is 0 Å². The fourth-order valence-corrected chi connectivity index (χ4v) is 3.51. The first kappa shape index (κ1) is 17.4. The molecule has 3 aromatic heterocycles. The van der Waals surface area contributed by atoms with E-state index in [0.717, 1.165) is 24.0 Å². The first-order chi connectivity index (χ1) is 14.3. The number of nitrogens with zero attached hydrogens (tertiary/aromatic N) is 4. The van der Waals surface area contributed by atoms with Crippen LogP contribution in [-0.2, 0) is 0 Å². The number of furan rings is 1. The summed E-state index contributed by atoms with van der Waals surface area (Å²) in [6.45, 7) is 1.20. The van der Waals surface area contributed by atoms with Crippen molar-refractivity contribution < 1.29 is 18.2 Å². The SMILES string of the molecule is O=C(c1cc(-c2ccccc2)on1)N1CCC(c2nnc(-c3ccoc3)o2)CC1. The summed E-state index contributed by atoms with van der Waals surface area (Å²) in [6.07, 6.45) is 4.64. The highest BCUT2D eigenvalue weighted by molar-refractivity contribution is 5.93. The zero-order valence-corrected chi connectivity index (χ0v) is 15.5. The molecule has 146 valence electrons. The lowest BCUT2D eigenvalue weighted by Crippen LogP contribution is -2.38. The van der Waals surface area contributed by atoms with Gasteiger partial charge in [0.25, 0.3) is 11.8 Å². The van der Waals surface area contributed by atoms with Crippen LogP contribution in [-0.4, -0.2) is 39.3 Å². The van der Waals surface area contributed by atoms with E-state index in [0.29, 0.717) is 36.3 Å². The Kier molecular flexibility index (Phi) is 4.44. The summed E-state index contributed by atoms with van der Waals surface area (Å²) in [5, 5.41) is 12.2. The number of hydrogen-bond acceptors (Lipinski definition) is 7. The molecular weight excluding hydrogens is 372 g/mol. The molecule has 4 aromatic rings. The van der Waals surface area contributed by atoms with Crippen LogP contribution >= 0.6 is 0 Å². The number of hydrogen-bond donors (Lipinski definition) is 0. The van der Waals surface area contributed by atoms with Crippen LogP contribution in [0, 0.1) is 0 Å². The molecule has 1 fully saturated rings. The zero-order valence-electron chi connectivity index (χ0n) is 15.5. The molecular formula is C21H18N4O4. The zero-order chi connectivity index (χ0) is 19.6. The summed E-state index contributed by atoms with van der Waals surface area (Å²) >= 11 is 0. The van der Waals surface area contributed by atoms with Crippen molar-refractivity contribution in [3.63, 3.8) is 0 Å². The Labute approximate surface area is 166 Å². The fourth-order valence-electron chi connectivity index (χ4n) is 3.51. The molecule has 0 aliphatic carbocycles. The highest BCUT2D eigenvalue weighted by Crippen LogP contribution is 2.30. The van der Waals surface area contributed by atoms with Gasteiger partial charge in [-0.2, -0.15) is 0 Å². The largest absolute Gasteiger partial charge is 0.472 e. The van der Waals surface area contributed by atoms with Crippen molar-refractivity contribution in [2.75, 3.05) is 13.1 Å². The topological polar surface area (TPSA) is 98.4 Å². The highest BCUT2D eigenvalue weighted by atomic mass is 16.5. The van der Waals surface area contributed by atoms with E-state index in [1.165, 1.54) is 0 Å². The average Bonchev–Trinajstić information content (AvgIpc) is 3.55. The molecule has 4 heterocycles. The minimum Gasteiger partial charge on any atom is -0.472 e. The van der Waals surface area contributed by atoms with Crippen molar-refractivity contribution >= 4 is 5.91 Å². The van der Waals surface area contributed by atoms with Crippen molar-refractivity contribution in [3.05, 3.63) is 66.6 Å². The van der Waals surface area contributed by atoms with Crippen molar-refractivity contribution in [1.82, 2.24) is 20.3 Å². The Bertz CT molecular complexity index is 1090. The molecule has 1 aliphatic rings. The summed E-state index contributed by atoms with van der Waals surface area (Å²) in [6, 6.07) is 13.1. The maximum absolute atomic E-state index is 12.8. The summed E-state index contributed by atoms with van der Waals surface area (Å²) < 4.78 is 16.2. The fraction of sp³-hybridized carbons (Fsp3) is 0.238. The number of carbonyl (C=O) groups is 1. The molecule has 0 atom stereocenters. The quantitative estimate of drug-likeness (QED) is 0.519. The molecule has 0 unspecified atom stereocenters. The Hall–Kier alpha value is -3.68. The van der Waals surface area contributed by atoms with Crippen LogP contribution in [0.2, 0.25) is 0 Å². The van der Waals surface area contributed by atoms with E-state index in [2.05, 4.69) is 15.4 Å². The number of carbonyl (C=O) groups excluding carboxylic acids is 1. The Morgan fingerprint density at radius 3 is 2.62 bits per heavy atom. The van der Waals surface area contributed by atoms with E-state index in [-0.39, 0.29) is 11.8 Å². The second kappa shape index (κ2) is 7.38. The molecule has 0 N–H and O–H groups in total. The van der Waals surface area contributed by atoms with Gasteiger partial charge in [0.1, 0.15) is 6.26 Å². The highest BCUT2D eigenvalue weighted by Gasteiger charge is 2.29. The number of amides is 1. The summed E-state index contributed by atoms with van der Waals surface area (Å²) in [7, 11) is 0. The number of likely N-dealkylation sites (tertiary alicyclic amines) is 1. The Balaban J connectivity index is 1.23. The maximum atomic E-state index is 12.8. The van der Waals surface area contributed by atoms with Crippen LogP contribution < -0.4 is 0 Å². The van der Waals surface area contributed by atoms with Crippen LogP contribution in [0.5, 0.6) is 0 Å². The molecule has 1 aliphatic heterocycles. The lowest BCUT2D eigenvalue weighted by molar-refractivity contribution is 0.0696. The first-order valence-corrected chi connectivity index (χ1v) is 9.45.